The molecule has 0 atom stereocenters. The summed E-state index contributed by atoms with van der Waals surface area (Å²) in [4.78, 5) is 16.8. The fourth-order valence-corrected chi connectivity index (χ4v) is 2.58. The van der Waals surface area contributed by atoms with Crippen molar-refractivity contribution in [3.8, 4) is 11.5 Å². The van der Waals surface area contributed by atoms with Crippen molar-refractivity contribution in [2.24, 2.45) is 0 Å². The second kappa shape index (κ2) is 6.49. The molecule has 3 rings (SSSR count). The van der Waals surface area contributed by atoms with Crippen LogP contribution in [0.3, 0.4) is 0 Å². The smallest absolute Gasteiger partial charge is 0.277 e. The average Bonchev–Trinajstić information content (AvgIpc) is 2.93. The Kier molecular flexibility index (Phi) is 4.40. The largest absolute Gasteiger partial charge is 0.441 e. The van der Waals surface area contributed by atoms with Crippen molar-refractivity contribution >= 4 is 23.2 Å². The molecule has 24 heavy (non-hydrogen) atoms. The maximum absolute atomic E-state index is 12.5. The fraction of sp³-hybridized carbons (Fsp3) is 0.158. The topological polar surface area (TPSA) is 55.1 Å². The van der Waals surface area contributed by atoms with Crippen LogP contribution in [0.2, 0.25) is 5.02 Å². The first kappa shape index (κ1) is 16.3. The van der Waals surface area contributed by atoms with E-state index >= 15 is 0 Å². The monoisotopic (exact) mass is 340 g/mol. The summed E-state index contributed by atoms with van der Waals surface area (Å²) in [6, 6.07) is 13.0. The number of nitrogens with zero attached hydrogens (tertiary/aromatic N) is 1. The van der Waals surface area contributed by atoms with Crippen molar-refractivity contribution in [1.29, 1.82) is 0 Å². The molecular formula is C19H17ClN2O2. The van der Waals surface area contributed by atoms with Gasteiger partial charge < -0.3 is 9.73 Å². The lowest BCUT2D eigenvalue weighted by molar-refractivity contribution is 0.102. The summed E-state index contributed by atoms with van der Waals surface area (Å²) >= 11 is 5.89. The fourth-order valence-electron chi connectivity index (χ4n) is 2.46. The first-order chi connectivity index (χ1) is 11.4. The molecule has 0 aliphatic rings. The first-order valence-corrected chi connectivity index (χ1v) is 7.94. The molecule has 0 fully saturated rings. The quantitative estimate of drug-likeness (QED) is 0.715. The number of carbonyl (C=O) groups excluding carboxylic acids is 1. The molecule has 0 aliphatic carbocycles. The standard InChI is InChI=1S/C19H17ClN2O2/c1-11-4-9-16(12(2)10-11)21-18(23)17-13(3)24-19(22-17)14-5-7-15(20)8-6-14/h4-10H,1-3H3,(H,21,23). The average molecular weight is 341 g/mol. The van der Waals surface area contributed by atoms with E-state index < -0.39 is 0 Å². The Hall–Kier alpha value is -2.59. The zero-order valence-electron chi connectivity index (χ0n) is 13.7. The van der Waals surface area contributed by atoms with Gasteiger partial charge in [-0.05, 0) is 56.7 Å². The number of nitrogens with one attached hydrogen (secondary N) is 1. The molecule has 0 aliphatic heterocycles. The van der Waals surface area contributed by atoms with Crippen molar-refractivity contribution in [2.75, 3.05) is 5.32 Å². The Balaban J connectivity index is 1.86. The van der Waals surface area contributed by atoms with Gasteiger partial charge >= 0.3 is 0 Å². The number of amides is 1. The Labute approximate surface area is 145 Å². The van der Waals surface area contributed by atoms with Gasteiger partial charge in [0.15, 0.2) is 5.69 Å². The molecule has 5 heteroatoms. The van der Waals surface area contributed by atoms with E-state index in [4.69, 9.17) is 16.0 Å². The lowest BCUT2D eigenvalue weighted by Crippen LogP contribution is -2.14. The Bertz CT molecular complexity index is 898. The van der Waals surface area contributed by atoms with Crippen molar-refractivity contribution in [1.82, 2.24) is 4.98 Å². The van der Waals surface area contributed by atoms with Gasteiger partial charge in [-0.3, -0.25) is 4.79 Å². The van der Waals surface area contributed by atoms with E-state index in [2.05, 4.69) is 10.3 Å². The number of halogens is 1. The summed E-state index contributed by atoms with van der Waals surface area (Å²) in [7, 11) is 0. The SMILES string of the molecule is Cc1ccc(NC(=O)c2nc(-c3ccc(Cl)cc3)oc2C)c(C)c1. The van der Waals surface area contributed by atoms with E-state index in [1.807, 2.05) is 32.0 Å². The Morgan fingerprint density at radius 3 is 2.46 bits per heavy atom. The van der Waals surface area contributed by atoms with Gasteiger partial charge in [-0.15, -0.1) is 0 Å². The third-order valence-corrected chi connectivity index (χ3v) is 3.98. The van der Waals surface area contributed by atoms with E-state index in [9.17, 15) is 4.79 Å². The predicted molar refractivity (Wildman–Crippen MR) is 95.6 cm³/mol. The number of benzene rings is 2. The highest BCUT2D eigenvalue weighted by Crippen LogP contribution is 2.24. The van der Waals surface area contributed by atoms with Crippen LogP contribution in [0.5, 0.6) is 0 Å². The van der Waals surface area contributed by atoms with Crippen LogP contribution in [0.15, 0.2) is 46.9 Å². The molecule has 0 radical (unpaired) electrons. The number of aromatic nitrogens is 1. The molecule has 4 nitrogen and oxygen atoms in total. The van der Waals surface area contributed by atoms with Crippen LogP contribution < -0.4 is 5.32 Å². The number of hydrogen-bond acceptors (Lipinski definition) is 3. The minimum Gasteiger partial charge on any atom is -0.441 e. The molecule has 3 aromatic rings. The van der Waals surface area contributed by atoms with Crippen LogP contribution in [-0.4, -0.2) is 10.9 Å². The highest BCUT2D eigenvalue weighted by atomic mass is 35.5. The lowest BCUT2D eigenvalue weighted by atomic mass is 10.1. The number of anilines is 1. The zero-order chi connectivity index (χ0) is 17.3. The van der Waals surface area contributed by atoms with Crippen LogP contribution in [0.1, 0.15) is 27.4 Å². The molecule has 2 aromatic carbocycles. The third-order valence-electron chi connectivity index (χ3n) is 3.73. The second-order valence-electron chi connectivity index (χ2n) is 5.70. The number of carbonyl (C=O) groups is 1. The molecule has 0 saturated carbocycles. The van der Waals surface area contributed by atoms with Crippen molar-refractivity contribution in [3.63, 3.8) is 0 Å². The first-order valence-electron chi connectivity index (χ1n) is 7.56. The van der Waals surface area contributed by atoms with E-state index in [1.165, 1.54) is 0 Å². The van der Waals surface area contributed by atoms with Gasteiger partial charge in [-0.25, -0.2) is 4.98 Å². The minimum atomic E-state index is -0.289. The number of aryl methyl sites for hydroxylation is 3. The lowest BCUT2D eigenvalue weighted by Gasteiger charge is -2.07. The van der Waals surface area contributed by atoms with Crippen LogP contribution in [0.25, 0.3) is 11.5 Å². The molecule has 0 saturated heterocycles. The molecule has 1 amide bonds. The molecule has 1 heterocycles. The van der Waals surface area contributed by atoms with E-state index in [0.29, 0.717) is 16.7 Å². The number of hydrogen-bond donors (Lipinski definition) is 1. The molecule has 1 N–H and O–H groups in total. The van der Waals surface area contributed by atoms with Crippen molar-refractivity contribution in [3.05, 3.63) is 70.1 Å². The summed E-state index contributed by atoms with van der Waals surface area (Å²) < 4.78 is 5.63. The molecule has 1 aromatic heterocycles. The normalized spacial score (nSPS) is 10.7. The van der Waals surface area contributed by atoms with Crippen LogP contribution in [0, 0.1) is 20.8 Å². The van der Waals surface area contributed by atoms with Crippen molar-refractivity contribution in [2.45, 2.75) is 20.8 Å². The van der Waals surface area contributed by atoms with Gasteiger partial charge in [0.1, 0.15) is 5.76 Å². The summed E-state index contributed by atoms with van der Waals surface area (Å²) in [6.45, 7) is 5.69. The second-order valence-corrected chi connectivity index (χ2v) is 6.14. The summed E-state index contributed by atoms with van der Waals surface area (Å²) in [5.74, 6) is 0.584. The van der Waals surface area contributed by atoms with E-state index in [0.717, 1.165) is 22.4 Å². The van der Waals surface area contributed by atoms with Crippen LogP contribution >= 0.6 is 11.6 Å². The molecule has 0 spiro atoms. The Morgan fingerprint density at radius 2 is 1.79 bits per heavy atom. The van der Waals surface area contributed by atoms with Crippen LogP contribution in [-0.2, 0) is 0 Å². The van der Waals surface area contributed by atoms with Gasteiger partial charge in [0.25, 0.3) is 5.91 Å². The minimum absolute atomic E-state index is 0.278. The van der Waals surface area contributed by atoms with Gasteiger partial charge in [0, 0.05) is 16.3 Å². The highest BCUT2D eigenvalue weighted by molar-refractivity contribution is 6.30. The summed E-state index contributed by atoms with van der Waals surface area (Å²) in [6.07, 6.45) is 0. The predicted octanol–water partition coefficient (Wildman–Crippen LogP) is 5.17. The number of oxazole rings is 1. The van der Waals surface area contributed by atoms with Crippen LogP contribution in [0.4, 0.5) is 5.69 Å². The number of rotatable bonds is 3. The van der Waals surface area contributed by atoms with Gasteiger partial charge in [0.05, 0.1) is 0 Å². The highest BCUT2D eigenvalue weighted by Gasteiger charge is 2.18. The third kappa shape index (κ3) is 3.34. The molecular weight excluding hydrogens is 324 g/mol. The van der Waals surface area contributed by atoms with Gasteiger partial charge in [0.2, 0.25) is 5.89 Å². The zero-order valence-corrected chi connectivity index (χ0v) is 14.4. The molecule has 122 valence electrons. The van der Waals surface area contributed by atoms with Gasteiger partial charge in [-0.2, -0.15) is 0 Å². The Morgan fingerprint density at radius 1 is 1.08 bits per heavy atom. The molecule has 0 bridgehead atoms. The maximum atomic E-state index is 12.5. The molecule has 0 unspecified atom stereocenters. The maximum Gasteiger partial charge on any atom is 0.277 e. The summed E-state index contributed by atoms with van der Waals surface area (Å²) in [5.41, 5.74) is 3.96. The van der Waals surface area contributed by atoms with E-state index in [1.54, 1.807) is 31.2 Å². The summed E-state index contributed by atoms with van der Waals surface area (Å²) in [5, 5.41) is 3.52. The van der Waals surface area contributed by atoms with E-state index in [-0.39, 0.29) is 11.6 Å². The van der Waals surface area contributed by atoms with Crippen molar-refractivity contribution < 1.29 is 9.21 Å². The van der Waals surface area contributed by atoms with Gasteiger partial charge in [-0.1, -0.05) is 29.3 Å².